The summed E-state index contributed by atoms with van der Waals surface area (Å²) in [4.78, 5) is 44.1. The van der Waals surface area contributed by atoms with Gasteiger partial charge in [0, 0.05) is 35.9 Å². The van der Waals surface area contributed by atoms with E-state index in [9.17, 15) is 29.8 Å². The van der Waals surface area contributed by atoms with Gasteiger partial charge in [0.1, 0.15) is 0 Å². The zero-order valence-corrected chi connectivity index (χ0v) is 15.3. The minimum atomic E-state index is -0.697. The molecule has 29 heavy (non-hydrogen) atoms. The Morgan fingerprint density at radius 3 is 2.21 bits per heavy atom. The van der Waals surface area contributed by atoms with E-state index in [-0.39, 0.29) is 22.1 Å². The van der Waals surface area contributed by atoms with Crippen LogP contribution in [0.5, 0.6) is 0 Å². The monoisotopic (exact) mass is 415 g/mol. The first-order chi connectivity index (χ1) is 13.8. The molecule has 0 atom stereocenters. The Labute approximate surface area is 168 Å². The Hall–Kier alpha value is -4.19. The predicted molar refractivity (Wildman–Crippen MR) is 107 cm³/mol. The molecule has 2 aromatic carbocycles. The van der Waals surface area contributed by atoms with Crippen LogP contribution < -0.4 is 16.2 Å². The van der Waals surface area contributed by atoms with Crippen LogP contribution in [0.15, 0.2) is 54.6 Å². The second-order valence-electron chi connectivity index (χ2n) is 5.39. The highest BCUT2D eigenvalue weighted by Gasteiger charge is 2.12. The first kappa shape index (κ1) is 21.1. The molecule has 148 valence electrons. The van der Waals surface area contributed by atoms with E-state index in [2.05, 4.69) is 16.2 Å². The minimum Gasteiger partial charge on any atom is -0.298 e. The van der Waals surface area contributed by atoms with E-state index < -0.39 is 21.7 Å². The lowest BCUT2D eigenvalue weighted by Gasteiger charge is -2.09. The molecule has 0 heterocycles. The van der Waals surface area contributed by atoms with Crippen molar-refractivity contribution < 1.29 is 19.4 Å². The SMILES string of the molecule is O=C(/C=C/c1cccc([N+](=O)[O-])c1)NC(=S)NNC(=O)c1cccc([N+](=O)[O-])c1. The molecule has 0 aliphatic rings. The number of carbonyl (C=O) groups excluding carboxylic acids is 2. The van der Waals surface area contributed by atoms with Gasteiger partial charge in [-0.15, -0.1) is 0 Å². The first-order valence-electron chi connectivity index (χ1n) is 7.84. The topological polar surface area (TPSA) is 157 Å². The maximum Gasteiger partial charge on any atom is 0.270 e. The Morgan fingerprint density at radius 2 is 1.55 bits per heavy atom. The van der Waals surface area contributed by atoms with E-state index in [4.69, 9.17) is 12.2 Å². The highest BCUT2D eigenvalue weighted by molar-refractivity contribution is 7.80. The molecule has 0 saturated carbocycles. The van der Waals surface area contributed by atoms with Crippen molar-refractivity contribution >= 4 is 46.6 Å². The summed E-state index contributed by atoms with van der Waals surface area (Å²) < 4.78 is 0. The molecule has 0 spiro atoms. The summed E-state index contributed by atoms with van der Waals surface area (Å²) in [7, 11) is 0. The summed E-state index contributed by atoms with van der Waals surface area (Å²) in [6.07, 6.45) is 2.46. The molecule has 3 N–H and O–H groups in total. The third-order valence-electron chi connectivity index (χ3n) is 3.35. The van der Waals surface area contributed by atoms with Gasteiger partial charge in [-0.2, -0.15) is 0 Å². The Bertz CT molecular complexity index is 1020. The molecule has 2 aromatic rings. The van der Waals surface area contributed by atoms with Crippen molar-refractivity contribution in [3.63, 3.8) is 0 Å². The first-order valence-corrected chi connectivity index (χ1v) is 8.25. The van der Waals surface area contributed by atoms with Gasteiger partial charge in [-0.05, 0) is 29.9 Å². The highest BCUT2D eigenvalue weighted by Crippen LogP contribution is 2.14. The lowest BCUT2D eigenvalue weighted by atomic mass is 10.2. The number of hydrogen-bond acceptors (Lipinski definition) is 7. The third kappa shape index (κ3) is 6.48. The number of non-ortho nitro benzene ring substituents is 2. The maximum atomic E-state index is 12.0. The molecule has 0 bridgehead atoms. The number of hydrogen-bond donors (Lipinski definition) is 3. The molecule has 0 unspecified atom stereocenters. The third-order valence-corrected chi connectivity index (χ3v) is 3.56. The van der Waals surface area contributed by atoms with Crippen molar-refractivity contribution in [2.75, 3.05) is 0 Å². The molecule has 0 aliphatic carbocycles. The Morgan fingerprint density at radius 1 is 0.931 bits per heavy atom. The van der Waals surface area contributed by atoms with Gasteiger partial charge in [0.2, 0.25) is 5.91 Å². The summed E-state index contributed by atoms with van der Waals surface area (Å²) in [5, 5.41) is 23.5. The summed E-state index contributed by atoms with van der Waals surface area (Å²) in [6, 6.07) is 10.7. The van der Waals surface area contributed by atoms with Crippen LogP contribution in [0.3, 0.4) is 0 Å². The number of rotatable bonds is 5. The van der Waals surface area contributed by atoms with Crippen molar-refractivity contribution in [1.82, 2.24) is 16.2 Å². The fourth-order valence-corrected chi connectivity index (χ4v) is 2.20. The number of thiocarbonyl (C=S) groups is 1. The smallest absolute Gasteiger partial charge is 0.270 e. The maximum absolute atomic E-state index is 12.0. The fraction of sp³-hybridized carbons (Fsp3) is 0. The van der Waals surface area contributed by atoms with Crippen molar-refractivity contribution in [3.8, 4) is 0 Å². The quantitative estimate of drug-likeness (QED) is 0.289. The second-order valence-corrected chi connectivity index (χ2v) is 5.80. The summed E-state index contributed by atoms with van der Waals surface area (Å²) in [6.45, 7) is 0. The average Bonchev–Trinajstić information content (AvgIpc) is 2.70. The van der Waals surface area contributed by atoms with E-state index in [1.165, 1.54) is 42.5 Å². The lowest BCUT2D eigenvalue weighted by Crippen LogP contribution is -2.48. The van der Waals surface area contributed by atoms with Crippen LogP contribution in [0.4, 0.5) is 11.4 Å². The molecular weight excluding hydrogens is 402 g/mol. The molecule has 0 fully saturated rings. The summed E-state index contributed by atoms with van der Waals surface area (Å²) in [5.41, 5.74) is 4.58. The number of nitro benzene ring substituents is 2. The van der Waals surface area contributed by atoms with Gasteiger partial charge >= 0.3 is 0 Å². The lowest BCUT2D eigenvalue weighted by molar-refractivity contribution is -0.385. The number of nitrogens with zero attached hydrogens (tertiary/aromatic N) is 2. The van der Waals surface area contributed by atoms with Crippen LogP contribution >= 0.6 is 12.2 Å². The van der Waals surface area contributed by atoms with Crippen molar-refractivity contribution in [1.29, 1.82) is 0 Å². The fourth-order valence-electron chi connectivity index (χ4n) is 2.05. The number of hydrazine groups is 1. The molecule has 0 saturated heterocycles. The van der Waals surface area contributed by atoms with Crippen LogP contribution in [-0.4, -0.2) is 26.8 Å². The molecule has 0 radical (unpaired) electrons. The van der Waals surface area contributed by atoms with Gasteiger partial charge in [0.05, 0.1) is 9.85 Å². The van der Waals surface area contributed by atoms with Gasteiger partial charge in [0.15, 0.2) is 5.11 Å². The van der Waals surface area contributed by atoms with Crippen molar-refractivity contribution in [2.24, 2.45) is 0 Å². The predicted octanol–water partition coefficient (Wildman–Crippen LogP) is 1.85. The zero-order chi connectivity index (χ0) is 21.4. The number of amides is 2. The summed E-state index contributed by atoms with van der Waals surface area (Å²) in [5.74, 6) is -1.34. The van der Waals surface area contributed by atoms with Gasteiger partial charge < -0.3 is 0 Å². The number of nitro groups is 2. The minimum absolute atomic E-state index is 0.0198. The molecule has 11 nitrogen and oxygen atoms in total. The van der Waals surface area contributed by atoms with Crippen LogP contribution in [-0.2, 0) is 4.79 Å². The van der Waals surface area contributed by atoms with Crippen molar-refractivity contribution in [2.45, 2.75) is 0 Å². The van der Waals surface area contributed by atoms with Gasteiger partial charge in [-0.3, -0.25) is 46.0 Å². The molecule has 12 heteroatoms. The van der Waals surface area contributed by atoms with Crippen molar-refractivity contribution in [3.05, 3.63) is 86.0 Å². The number of carbonyl (C=O) groups is 2. The van der Waals surface area contributed by atoms with Gasteiger partial charge in [-0.25, -0.2) is 0 Å². The number of nitrogens with one attached hydrogen (secondary N) is 3. The van der Waals surface area contributed by atoms with Crippen LogP contribution in [0.25, 0.3) is 6.08 Å². The molecule has 0 aromatic heterocycles. The summed E-state index contributed by atoms with van der Waals surface area (Å²) >= 11 is 4.86. The molecular formula is C17H13N5O6S. The molecule has 0 aliphatic heterocycles. The molecule has 2 amide bonds. The average molecular weight is 415 g/mol. The van der Waals surface area contributed by atoms with Crippen LogP contribution in [0, 0.1) is 20.2 Å². The van der Waals surface area contributed by atoms with Crippen LogP contribution in [0.1, 0.15) is 15.9 Å². The standard InChI is InChI=1S/C17H13N5O6S/c23-15(8-7-11-3-1-5-13(9-11)21(25)26)18-17(29)20-19-16(24)12-4-2-6-14(10-12)22(27)28/h1-10H,(H,19,24)(H2,18,20,23,29)/b8-7+. The number of benzene rings is 2. The van der Waals surface area contributed by atoms with E-state index in [0.29, 0.717) is 5.56 Å². The Kier molecular flexibility index (Phi) is 7.03. The zero-order valence-electron chi connectivity index (χ0n) is 14.5. The van der Waals surface area contributed by atoms with E-state index in [1.807, 2.05) is 0 Å². The molecule has 2 rings (SSSR count). The van der Waals surface area contributed by atoms with E-state index >= 15 is 0 Å². The van der Waals surface area contributed by atoms with Gasteiger partial charge in [-0.1, -0.05) is 18.2 Å². The van der Waals surface area contributed by atoms with Crippen LogP contribution in [0.2, 0.25) is 0 Å². The highest BCUT2D eigenvalue weighted by atomic mass is 32.1. The van der Waals surface area contributed by atoms with E-state index in [0.717, 1.165) is 12.1 Å². The Balaban J connectivity index is 1.87. The largest absolute Gasteiger partial charge is 0.298 e. The van der Waals surface area contributed by atoms with Gasteiger partial charge in [0.25, 0.3) is 17.3 Å². The van der Waals surface area contributed by atoms with E-state index in [1.54, 1.807) is 6.07 Å². The normalized spacial score (nSPS) is 10.2. The second kappa shape index (κ2) is 9.66.